The molecule has 1 heterocycles. The van der Waals surface area contributed by atoms with Crippen molar-refractivity contribution in [3.8, 4) is 0 Å². The van der Waals surface area contributed by atoms with Gasteiger partial charge in [-0.3, -0.25) is 4.79 Å². The number of rotatable bonds is 5. The zero-order valence-electron chi connectivity index (χ0n) is 11.0. The van der Waals surface area contributed by atoms with Gasteiger partial charge in [-0.2, -0.15) is 0 Å². The molecule has 19 heavy (non-hydrogen) atoms. The van der Waals surface area contributed by atoms with E-state index in [9.17, 15) is 4.79 Å². The lowest BCUT2D eigenvalue weighted by Gasteiger charge is -2.08. The van der Waals surface area contributed by atoms with E-state index in [4.69, 9.17) is 0 Å². The molecule has 0 spiro atoms. The molecule has 5 heteroatoms. The Morgan fingerprint density at radius 1 is 1.32 bits per heavy atom. The number of benzene rings is 1. The van der Waals surface area contributed by atoms with E-state index in [-0.39, 0.29) is 5.91 Å². The van der Waals surface area contributed by atoms with Crippen LogP contribution in [0.5, 0.6) is 0 Å². The molecule has 0 saturated heterocycles. The second-order valence-corrected chi connectivity index (χ2v) is 5.48. The van der Waals surface area contributed by atoms with Gasteiger partial charge < -0.3 is 10.6 Å². The molecule has 0 unspecified atom stereocenters. The number of nitrogens with zero attached hydrogens (tertiary/aromatic N) is 1. The minimum Gasteiger partial charge on any atom is -0.375 e. The highest BCUT2D eigenvalue weighted by molar-refractivity contribution is 7.14. The molecule has 0 bridgehead atoms. The summed E-state index contributed by atoms with van der Waals surface area (Å²) in [5, 5.41) is 6.91. The number of carbonyl (C=O) groups excluding carboxylic acids is 1. The quantitative estimate of drug-likeness (QED) is 0.878. The maximum absolute atomic E-state index is 12.1. The summed E-state index contributed by atoms with van der Waals surface area (Å²) in [5.74, 6) is 0.339. The Labute approximate surface area is 116 Å². The van der Waals surface area contributed by atoms with Crippen molar-refractivity contribution in [3.05, 3.63) is 41.5 Å². The van der Waals surface area contributed by atoms with Gasteiger partial charge in [-0.1, -0.05) is 32.0 Å². The van der Waals surface area contributed by atoms with Crippen molar-refractivity contribution < 1.29 is 4.79 Å². The van der Waals surface area contributed by atoms with Crippen LogP contribution in [0.3, 0.4) is 0 Å². The monoisotopic (exact) mass is 275 g/mol. The minimum atomic E-state index is -0.182. The molecule has 0 aliphatic rings. The molecule has 0 aliphatic carbocycles. The van der Waals surface area contributed by atoms with Crippen molar-refractivity contribution in [2.24, 2.45) is 5.92 Å². The van der Waals surface area contributed by atoms with E-state index in [1.54, 1.807) is 5.51 Å². The molecule has 100 valence electrons. The molecular formula is C14H17N3OS. The van der Waals surface area contributed by atoms with Crippen LogP contribution in [-0.2, 0) is 0 Å². The lowest BCUT2D eigenvalue weighted by Crippen LogP contribution is -2.16. The number of thiazole rings is 1. The largest absolute Gasteiger partial charge is 0.375 e. The van der Waals surface area contributed by atoms with E-state index in [0.29, 0.717) is 11.6 Å². The molecule has 2 rings (SSSR count). The Morgan fingerprint density at radius 2 is 2.05 bits per heavy atom. The molecule has 4 nitrogen and oxygen atoms in total. The number of para-hydroxylation sites is 1. The second-order valence-electron chi connectivity index (χ2n) is 4.62. The van der Waals surface area contributed by atoms with Gasteiger partial charge in [0.25, 0.3) is 5.91 Å². The van der Waals surface area contributed by atoms with Gasteiger partial charge >= 0.3 is 0 Å². The van der Waals surface area contributed by atoms with Gasteiger partial charge in [-0.15, -0.1) is 11.3 Å². The van der Waals surface area contributed by atoms with E-state index >= 15 is 0 Å². The zero-order chi connectivity index (χ0) is 13.7. The Kier molecular flexibility index (Phi) is 4.52. The van der Waals surface area contributed by atoms with E-state index in [1.807, 2.05) is 30.3 Å². The fourth-order valence-electron chi connectivity index (χ4n) is 1.54. The first-order chi connectivity index (χ1) is 9.16. The first kappa shape index (κ1) is 13.5. The van der Waals surface area contributed by atoms with E-state index in [0.717, 1.165) is 17.2 Å². The number of hydrogen-bond donors (Lipinski definition) is 2. The highest BCUT2D eigenvalue weighted by atomic mass is 32.1. The van der Waals surface area contributed by atoms with E-state index in [1.165, 1.54) is 11.3 Å². The molecule has 2 N–H and O–H groups in total. The van der Waals surface area contributed by atoms with Crippen LogP contribution < -0.4 is 10.6 Å². The third-order valence-electron chi connectivity index (χ3n) is 2.49. The summed E-state index contributed by atoms with van der Waals surface area (Å²) in [4.78, 5) is 16.3. The lowest BCUT2D eigenvalue weighted by molar-refractivity contribution is 0.102. The van der Waals surface area contributed by atoms with Crippen LogP contribution in [0, 0.1) is 5.92 Å². The Bertz CT molecular complexity index is 537. The predicted molar refractivity (Wildman–Crippen MR) is 79.8 cm³/mol. The lowest BCUT2D eigenvalue weighted by atomic mass is 10.2. The smallest absolute Gasteiger partial charge is 0.277 e. The predicted octanol–water partition coefficient (Wildman–Crippen LogP) is 3.46. The Morgan fingerprint density at radius 3 is 2.74 bits per heavy atom. The van der Waals surface area contributed by atoms with Gasteiger partial charge in [0.2, 0.25) is 0 Å². The molecular weight excluding hydrogens is 258 g/mol. The maximum atomic E-state index is 12.1. The third kappa shape index (κ3) is 3.79. The van der Waals surface area contributed by atoms with Gasteiger partial charge in [0.1, 0.15) is 5.00 Å². The summed E-state index contributed by atoms with van der Waals surface area (Å²) >= 11 is 1.45. The Hall–Kier alpha value is -1.88. The van der Waals surface area contributed by atoms with Crippen LogP contribution in [0.4, 0.5) is 10.7 Å². The van der Waals surface area contributed by atoms with Crippen LogP contribution in [0.1, 0.15) is 24.3 Å². The summed E-state index contributed by atoms with van der Waals surface area (Å²) in [7, 11) is 0. The standard InChI is InChI=1S/C14H17N3OS/c1-10(2)8-15-14-12(16-9-19-14)13(18)17-11-6-4-3-5-7-11/h3-7,9-10,15H,8H2,1-2H3,(H,17,18). The van der Waals surface area contributed by atoms with E-state index < -0.39 is 0 Å². The number of anilines is 2. The molecule has 0 radical (unpaired) electrons. The van der Waals surface area contributed by atoms with Gasteiger partial charge in [-0.05, 0) is 18.1 Å². The fraction of sp³-hybridized carbons (Fsp3) is 0.286. The van der Waals surface area contributed by atoms with Crippen molar-refractivity contribution in [1.82, 2.24) is 4.98 Å². The first-order valence-corrected chi connectivity index (χ1v) is 7.08. The average Bonchev–Trinajstić information content (AvgIpc) is 2.86. The summed E-state index contributed by atoms with van der Waals surface area (Å²) in [6, 6.07) is 9.38. The van der Waals surface area contributed by atoms with Gasteiger partial charge in [-0.25, -0.2) is 4.98 Å². The van der Waals surface area contributed by atoms with Crippen molar-refractivity contribution in [3.63, 3.8) is 0 Å². The highest BCUT2D eigenvalue weighted by Crippen LogP contribution is 2.21. The topological polar surface area (TPSA) is 54.0 Å². The molecule has 1 aromatic carbocycles. The number of aromatic nitrogens is 1. The van der Waals surface area contributed by atoms with E-state index in [2.05, 4.69) is 29.5 Å². The van der Waals surface area contributed by atoms with Crippen molar-refractivity contribution >= 4 is 27.9 Å². The SMILES string of the molecule is CC(C)CNc1scnc1C(=O)Nc1ccccc1. The fourth-order valence-corrected chi connectivity index (χ4v) is 2.23. The number of amides is 1. The number of nitrogens with one attached hydrogen (secondary N) is 2. The van der Waals surface area contributed by atoms with Crippen molar-refractivity contribution in [2.75, 3.05) is 17.2 Å². The molecule has 0 saturated carbocycles. The highest BCUT2D eigenvalue weighted by Gasteiger charge is 2.15. The van der Waals surface area contributed by atoms with Crippen LogP contribution in [0.2, 0.25) is 0 Å². The maximum Gasteiger partial charge on any atom is 0.277 e. The number of hydrogen-bond acceptors (Lipinski definition) is 4. The zero-order valence-corrected chi connectivity index (χ0v) is 11.8. The van der Waals surface area contributed by atoms with Crippen LogP contribution in [-0.4, -0.2) is 17.4 Å². The minimum absolute atomic E-state index is 0.182. The van der Waals surface area contributed by atoms with Crippen LogP contribution >= 0.6 is 11.3 Å². The van der Waals surface area contributed by atoms with Crippen molar-refractivity contribution in [1.29, 1.82) is 0 Å². The normalized spacial score (nSPS) is 10.5. The third-order valence-corrected chi connectivity index (χ3v) is 3.27. The first-order valence-electron chi connectivity index (χ1n) is 6.20. The van der Waals surface area contributed by atoms with Gasteiger partial charge in [0.05, 0.1) is 5.51 Å². The molecule has 1 amide bonds. The molecule has 0 aliphatic heterocycles. The summed E-state index contributed by atoms with van der Waals surface area (Å²) in [6.45, 7) is 5.07. The summed E-state index contributed by atoms with van der Waals surface area (Å²) in [5.41, 5.74) is 2.91. The molecule has 0 fully saturated rings. The van der Waals surface area contributed by atoms with Crippen LogP contribution in [0.25, 0.3) is 0 Å². The summed E-state index contributed by atoms with van der Waals surface area (Å²) in [6.07, 6.45) is 0. The summed E-state index contributed by atoms with van der Waals surface area (Å²) < 4.78 is 0. The Balaban J connectivity index is 2.05. The molecule has 0 atom stereocenters. The van der Waals surface area contributed by atoms with Crippen LogP contribution in [0.15, 0.2) is 35.8 Å². The number of carbonyl (C=O) groups is 1. The molecule has 1 aromatic heterocycles. The second kappa shape index (κ2) is 6.33. The molecule has 2 aromatic rings. The van der Waals surface area contributed by atoms with Crippen molar-refractivity contribution in [2.45, 2.75) is 13.8 Å². The average molecular weight is 275 g/mol. The van der Waals surface area contributed by atoms with Gasteiger partial charge in [0, 0.05) is 12.2 Å². The van der Waals surface area contributed by atoms with Gasteiger partial charge in [0.15, 0.2) is 5.69 Å².